The Morgan fingerprint density at radius 2 is 1.96 bits per heavy atom. The lowest BCUT2D eigenvalue weighted by Gasteiger charge is -2.33. The lowest BCUT2D eigenvalue weighted by Crippen LogP contribution is -2.46. The zero-order valence-electron chi connectivity index (χ0n) is 12.9. The van der Waals surface area contributed by atoms with Crippen LogP contribution in [0.4, 0.5) is 11.5 Å². The van der Waals surface area contributed by atoms with Gasteiger partial charge in [-0.3, -0.25) is 9.59 Å². The molecule has 2 amide bonds. The molecule has 1 aliphatic heterocycles. The van der Waals surface area contributed by atoms with Gasteiger partial charge in [0.05, 0.1) is 12.4 Å². The van der Waals surface area contributed by atoms with Gasteiger partial charge in [0.2, 0.25) is 6.41 Å². The number of carbonyl (C=O) groups is 2. The summed E-state index contributed by atoms with van der Waals surface area (Å²) in [7, 11) is 0. The number of benzene rings is 1. The normalized spacial score (nSPS) is 14.4. The second-order valence-electron chi connectivity index (χ2n) is 5.35. The van der Waals surface area contributed by atoms with Gasteiger partial charge in [-0.05, 0) is 18.2 Å². The van der Waals surface area contributed by atoms with Crippen molar-refractivity contribution in [1.82, 2.24) is 14.9 Å². The van der Waals surface area contributed by atoms with Crippen LogP contribution in [0.5, 0.6) is 0 Å². The van der Waals surface area contributed by atoms with Crippen LogP contribution in [0.2, 0.25) is 0 Å². The summed E-state index contributed by atoms with van der Waals surface area (Å²) >= 11 is 3.36. The van der Waals surface area contributed by atoms with E-state index in [1.165, 1.54) is 6.20 Å². The van der Waals surface area contributed by atoms with Crippen molar-refractivity contribution in [3.63, 3.8) is 0 Å². The van der Waals surface area contributed by atoms with E-state index in [1.54, 1.807) is 17.2 Å². The molecular weight excluding hydrogens is 374 g/mol. The number of halogens is 1. The summed E-state index contributed by atoms with van der Waals surface area (Å²) in [5.74, 6) is 0.400. The standard InChI is InChI=1S/C16H16BrN5O2/c17-12-2-1-3-13(8-12)20-16(24)14-9-19-15(10-18-14)22-6-4-21(11-23)5-7-22/h1-3,8-11H,4-7H2,(H,20,24). The maximum absolute atomic E-state index is 12.2. The van der Waals surface area contributed by atoms with Gasteiger partial charge >= 0.3 is 0 Å². The third-order valence-corrected chi connectivity index (χ3v) is 4.23. The van der Waals surface area contributed by atoms with Crippen molar-refractivity contribution in [2.24, 2.45) is 0 Å². The topological polar surface area (TPSA) is 78.4 Å². The van der Waals surface area contributed by atoms with Gasteiger partial charge in [0.15, 0.2) is 0 Å². The maximum Gasteiger partial charge on any atom is 0.275 e. The molecule has 0 atom stereocenters. The minimum atomic E-state index is -0.307. The van der Waals surface area contributed by atoms with Gasteiger partial charge in [-0.25, -0.2) is 9.97 Å². The molecule has 0 radical (unpaired) electrons. The Balaban J connectivity index is 1.64. The molecule has 1 aromatic heterocycles. The lowest BCUT2D eigenvalue weighted by atomic mass is 10.3. The van der Waals surface area contributed by atoms with Crippen LogP contribution in [0.15, 0.2) is 41.1 Å². The smallest absolute Gasteiger partial charge is 0.275 e. The van der Waals surface area contributed by atoms with E-state index >= 15 is 0 Å². The highest BCUT2D eigenvalue weighted by atomic mass is 79.9. The third kappa shape index (κ3) is 3.88. The molecule has 24 heavy (non-hydrogen) atoms. The molecule has 0 spiro atoms. The summed E-state index contributed by atoms with van der Waals surface area (Å²) in [5, 5.41) is 2.78. The molecule has 3 rings (SSSR count). The highest BCUT2D eigenvalue weighted by molar-refractivity contribution is 9.10. The quantitative estimate of drug-likeness (QED) is 0.806. The van der Waals surface area contributed by atoms with Crippen LogP contribution in [-0.4, -0.2) is 53.4 Å². The van der Waals surface area contributed by atoms with Crippen LogP contribution >= 0.6 is 15.9 Å². The zero-order valence-corrected chi connectivity index (χ0v) is 14.4. The van der Waals surface area contributed by atoms with Crippen molar-refractivity contribution in [2.45, 2.75) is 0 Å². The minimum Gasteiger partial charge on any atom is -0.352 e. The first-order valence-electron chi connectivity index (χ1n) is 7.49. The van der Waals surface area contributed by atoms with E-state index in [-0.39, 0.29) is 11.6 Å². The SMILES string of the molecule is O=CN1CCN(c2cnc(C(=O)Nc3cccc(Br)c3)cn2)CC1. The predicted octanol–water partition coefficient (Wildman–Crippen LogP) is 1.77. The summed E-state index contributed by atoms with van der Waals surface area (Å²) < 4.78 is 0.885. The number of hydrogen-bond acceptors (Lipinski definition) is 5. The molecular formula is C16H16BrN5O2. The monoisotopic (exact) mass is 389 g/mol. The molecule has 1 aliphatic rings. The Hall–Kier alpha value is -2.48. The Bertz CT molecular complexity index is 730. The highest BCUT2D eigenvalue weighted by Crippen LogP contribution is 2.17. The first-order chi connectivity index (χ1) is 11.7. The van der Waals surface area contributed by atoms with Crippen LogP contribution in [0, 0.1) is 0 Å². The number of nitrogens with zero attached hydrogens (tertiary/aromatic N) is 4. The first kappa shape index (κ1) is 16.4. The minimum absolute atomic E-state index is 0.255. The van der Waals surface area contributed by atoms with Crippen LogP contribution in [0.3, 0.4) is 0 Å². The third-order valence-electron chi connectivity index (χ3n) is 3.74. The molecule has 0 bridgehead atoms. The van der Waals surface area contributed by atoms with E-state index < -0.39 is 0 Å². The van der Waals surface area contributed by atoms with Crippen molar-refractivity contribution < 1.29 is 9.59 Å². The molecule has 1 saturated heterocycles. The Kier molecular flexibility index (Phi) is 5.05. The zero-order chi connectivity index (χ0) is 16.9. The fraction of sp³-hybridized carbons (Fsp3) is 0.250. The summed E-state index contributed by atoms with van der Waals surface area (Å²) in [4.78, 5) is 35.2. The fourth-order valence-corrected chi connectivity index (χ4v) is 2.82. The Morgan fingerprint density at radius 3 is 2.58 bits per heavy atom. The van der Waals surface area contributed by atoms with Crippen molar-refractivity contribution in [1.29, 1.82) is 0 Å². The number of piperazine rings is 1. The molecule has 1 fully saturated rings. The second-order valence-corrected chi connectivity index (χ2v) is 6.27. The molecule has 7 nitrogen and oxygen atoms in total. The maximum atomic E-state index is 12.2. The van der Waals surface area contributed by atoms with E-state index in [0.717, 1.165) is 10.9 Å². The number of nitrogens with one attached hydrogen (secondary N) is 1. The first-order valence-corrected chi connectivity index (χ1v) is 8.28. The van der Waals surface area contributed by atoms with Crippen LogP contribution in [-0.2, 0) is 4.79 Å². The van der Waals surface area contributed by atoms with Crippen molar-refractivity contribution in [3.8, 4) is 0 Å². The predicted molar refractivity (Wildman–Crippen MR) is 94.0 cm³/mol. The van der Waals surface area contributed by atoms with Crippen LogP contribution in [0.25, 0.3) is 0 Å². The van der Waals surface area contributed by atoms with E-state index in [9.17, 15) is 9.59 Å². The van der Waals surface area contributed by atoms with Gasteiger partial charge in [-0.1, -0.05) is 22.0 Å². The van der Waals surface area contributed by atoms with Crippen molar-refractivity contribution in [2.75, 3.05) is 36.4 Å². The summed E-state index contributed by atoms with van der Waals surface area (Å²) in [5.41, 5.74) is 0.940. The molecule has 0 saturated carbocycles. The van der Waals surface area contributed by atoms with Crippen molar-refractivity contribution >= 4 is 39.8 Å². The highest BCUT2D eigenvalue weighted by Gasteiger charge is 2.17. The van der Waals surface area contributed by atoms with Crippen LogP contribution in [0.1, 0.15) is 10.5 Å². The molecule has 1 N–H and O–H groups in total. The summed E-state index contributed by atoms with van der Waals surface area (Å²) in [6.45, 7) is 2.74. The number of anilines is 2. The molecule has 8 heteroatoms. The number of carbonyl (C=O) groups excluding carboxylic acids is 2. The molecule has 1 aromatic carbocycles. The average molecular weight is 390 g/mol. The summed E-state index contributed by atoms with van der Waals surface area (Å²) in [6.07, 6.45) is 3.92. The molecule has 2 aromatic rings. The number of rotatable bonds is 4. The molecule has 124 valence electrons. The fourth-order valence-electron chi connectivity index (χ4n) is 2.42. The number of aromatic nitrogens is 2. The Morgan fingerprint density at radius 1 is 1.17 bits per heavy atom. The molecule has 0 aliphatic carbocycles. The molecule has 0 unspecified atom stereocenters. The van der Waals surface area contributed by atoms with Gasteiger partial charge in [0.25, 0.3) is 5.91 Å². The van der Waals surface area contributed by atoms with E-state index in [1.807, 2.05) is 23.1 Å². The second kappa shape index (κ2) is 7.39. The average Bonchev–Trinajstić information content (AvgIpc) is 2.62. The summed E-state index contributed by atoms with van der Waals surface area (Å²) in [6, 6.07) is 7.34. The van der Waals surface area contributed by atoms with Gasteiger partial charge in [-0.15, -0.1) is 0 Å². The van der Waals surface area contributed by atoms with E-state index in [0.29, 0.717) is 37.7 Å². The van der Waals surface area contributed by atoms with Gasteiger partial charge < -0.3 is 15.1 Å². The van der Waals surface area contributed by atoms with E-state index in [4.69, 9.17) is 0 Å². The lowest BCUT2D eigenvalue weighted by molar-refractivity contribution is -0.118. The van der Waals surface area contributed by atoms with E-state index in [2.05, 4.69) is 31.2 Å². The Labute approximate surface area is 147 Å². The van der Waals surface area contributed by atoms with Gasteiger partial charge in [0.1, 0.15) is 11.5 Å². The van der Waals surface area contributed by atoms with Gasteiger partial charge in [-0.2, -0.15) is 0 Å². The van der Waals surface area contributed by atoms with Crippen LogP contribution < -0.4 is 10.2 Å². The number of hydrogen-bond donors (Lipinski definition) is 1. The van der Waals surface area contributed by atoms with Gasteiger partial charge in [0, 0.05) is 36.3 Å². The van der Waals surface area contributed by atoms with Crippen molar-refractivity contribution in [3.05, 3.63) is 46.8 Å². The largest absolute Gasteiger partial charge is 0.352 e. The molecule has 2 heterocycles. The number of amides is 2.